The van der Waals surface area contributed by atoms with Crippen LogP contribution in [0, 0.1) is 5.82 Å². The Morgan fingerprint density at radius 2 is 1.86 bits per heavy atom. The van der Waals surface area contributed by atoms with Gasteiger partial charge in [-0.05, 0) is 60.5 Å². The lowest BCUT2D eigenvalue weighted by Gasteiger charge is -2.20. The molecular weight excluding hydrogens is 376 g/mol. The highest BCUT2D eigenvalue weighted by atomic mass is 79.9. The molecule has 0 saturated heterocycles. The highest BCUT2D eigenvalue weighted by Gasteiger charge is 2.17. The maximum atomic E-state index is 13.4. The van der Waals surface area contributed by atoms with Crippen LogP contribution in [0.2, 0.25) is 10.0 Å². The molecule has 2 aromatic rings. The molecule has 0 aromatic heterocycles. The fraction of sp³-hybridized carbons (Fsp3) is 0.250. The third-order valence-electron chi connectivity index (χ3n) is 3.22. The van der Waals surface area contributed by atoms with Crippen LogP contribution in [0.4, 0.5) is 4.39 Å². The third kappa shape index (κ3) is 4.43. The van der Waals surface area contributed by atoms with Crippen LogP contribution in [0.5, 0.6) is 0 Å². The van der Waals surface area contributed by atoms with Gasteiger partial charge in [-0.2, -0.15) is 0 Å². The van der Waals surface area contributed by atoms with Gasteiger partial charge in [0.05, 0.1) is 0 Å². The van der Waals surface area contributed by atoms with Crippen molar-refractivity contribution in [3.8, 4) is 0 Å². The van der Waals surface area contributed by atoms with Crippen molar-refractivity contribution in [2.75, 3.05) is 6.54 Å². The van der Waals surface area contributed by atoms with Gasteiger partial charge in [0.2, 0.25) is 0 Å². The molecule has 21 heavy (non-hydrogen) atoms. The molecule has 0 amide bonds. The Morgan fingerprint density at radius 3 is 2.57 bits per heavy atom. The molecule has 1 N–H and O–H groups in total. The van der Waals surface area contributed by atoms with E-state index in [1.54, 1.807) is 6.07 Å². The molecule has 0 aliphatic heterocycles. The van der Waals surface area contributed by atoms with Crippen LogP contribution in [0.3, 0.4) is 0 Å². The Bertz CT molecular complexity index is 634. The lowest BCUT2D eigenvalue weighted by Crippen LogP contribution is -2.23. The molecule has 0 aliphatic carbocycles. The van der Waals surface area contributed by atoms with Gasteiger partial charge in [-0.25, -0.2) is 4.39 Å². The van der Waals surface area contributed by atoms with Crippen molar-refractivity contribution in [2.45, 2.75) is 19.4 Å². The van der Waals surface area contributed by atoms with Crippen LogP contribution in [0.1, 0.15) is 24.1 Å². The molecule has 2 rings (SSSR count). The first-order chi connectivity index (χ1) is 10.0. The molecule has 0 fully saturated rings. The summed E-state index contributed by atoms with van der Waals surface area (Å²) in [6.45, 7) is 2.80. The largest absolute Gasteiger partial charge is 0.310 e. The number of rotatable bonds is 5. The number of hydrogen-bond donors (Lipinski definition) is 1. The van der Waals surface area contributed by atoms with E-state index in [1.165, 1.54) is 12.1 Å². The first kappa shape index (κ1) is 16.8. The summed E-state index contributed by atoms with van der Waals surface area (Å²) in [5.74, 6) is -0.287. The topological polar surface area (TPSA) is 12.0 Å². The Labute approximate surface area is 142 Å². The minimum Gasteiger partial charge on any atom is -0.310 e. The van der Waals surface area contributed by atoms with Crippen LogP contribution >= 0.6 is 39.1 Å². The molecule has 5 heteroatoms. The second-order valence-corrected chi connectivity index (χ2v) is 6.45. The van der Waals surface area contributed by atoms with Crippen molar-refractivity contribution in [3.05, 3.63) is 67.9 Å². The molecule has 0 aliphatic rings. The molecule has 0 bridgehead atoms. The first-order valence-electron chi connectivity index (χ1n) is 6.63. The van der Waals surface area contributed by atoms with E-state index in [2.05, 4.69) is 21.2 Å². The highest BCUT2D eigenvalue weighted by molar-refractivity contribution is 9.10. The van der Waals surface area contributed by atoms with Crippen molar-refractivity contribution in [2.24, 2.45) is 0 Å². The molecule has 0 radical (unpaired) electrons. The van der Waals surface area contributed by atoms with Crippen LogP contribution in [-0.2, 0) is 6.42 Å². The summed E-state index contributed by atoms with van der Waals surface area (Å²) < 4.78 is 14.4. The smallest absolute Gasteiger partial charge is 0.123 e. The van der Waals surface area contributed by atoms with Crippen LogP contribution in [-0.4, -0.2) is 6.54 Å². The fourth-order valence-electron chi connectivity index (χ4n) is 2.24. The normalized spacial score (nSPS) is 12.4. The molecule has 112 valence electrons. The quantitative estimate of drug-likeness (QED) is 0.681. The summed E-state index contributed by atoms with van der Waals surface area (Å²) in [7, 11) is 0. The predicted octanol–water partition coefficient (Wildman–Crippen LogP) is 5.79. The average Bonchev–Trinajstić information content (AvgIpc) is 2.45. The number of halogens is 4. The fourth-order valence-corrected chi connectivity index (χ4v) is 3.06. The number of hydrogen-bond acceptors (Lipinski definition) is 1. The molecule has 0 heterocycles. The first-order valence-corrected chi connectivity index (χ1v) is 8.18. The summed E-state index contributed by atoms with van der Waals surface area (Å²) in [5, 5.41) is 4.61. The standard InChI is InChI=1S/C16H15BrCl2FN/c1-2-21-16(13-9-11(17)3-5-15(13)19)8-10-7-12(20)4-6-14(10)18/h3-7,9,16,21H,2,8H2,1H3. The second-order valence-electron chi connectivity index (χ2n) is 4.72. The molecule has 1 atom stereocenters. The van der Waals surface area contributed by atoms with Crippen molar-refractivity contribution in [3.63, 3.8) is 0 Å². The van der Waals surface area contributed by atoms with E-state index in [1.807, 2.05) is 25.1 Å². The van der Waals surface area contributed by atoms with Crippen LogP contribution in [0.15, 0.2) is 40.9 Å². The van der Waals surface area contributed by atoms with E-state index < -0.39 is 0 Å². The summed E-state index contributed by atoms with van der Waals surface area (Å²) in [6.07, 6.45) is 0.570. The van der Waals surface area contributed by atoms with Gasteiger partial charge in [0.15, 0.2) is 0 Å². The Balaban J connectivity index is 2.35. The molecule has 2 aromatic carbocycles. The number of benzene rings is 2. The number of likely N-dealkylation sites (N-methyl/N-ethyl adjacent to an activating group) is 1. The zero-order chi connectivity index (χ0) is 15.4. The lowest BCUT2D eigenvalue weighted by atomic mass is 9.98. The van der Waals surface area contributed by atoms with Crippen molar-refractivity contribution < 1.29 is 4.39 Å². The van der Waals surface area contributed by atoms with E-state index in [-0.39, 0.29) is 11.9 Å². The van der Waals surface area contributed by atoms with E-state index in [9.17, 15) is 4.39 Å². The maximum absolute atomic E-state index is 13.4. The SMILES string of the molecule is CCNC(Cc1cc(F)ccc1Cl)c1cc(Br)ccc1Cl. The molecular formula is C16H15BrCl2FN. The summed E-state index contributed by atoms with van der Waals surface area (Å²) >= 11 is 15.9. The third-order valence-corrected chi connectivity index (χ3v) is 4.42. The van der Waals surface area contributed by atoms with E-state index in [0.717, 1.165) is 22.1 Å². The average molecular weight is 391 g/mol. The molecule has 1 unspecified atom stereocenters. The summed E-state index contributed by atoms with van der Waals surface area (Å²) in [6, 6.07) is 10.1. The van der Waals surface area contributed by atoms with Gasteiger partial charge in [-0.1, -0.05) is 46.1 Å². The Morgan fingerprint density at radius 1 is 1.14 bits per heavy atom. The molecule has 0 saturated carbocycles. The zero-order valence-corrected chi connectivity index (χ0v) is 14.6. The van der Waals surface area contributed by atoms with Gasteiger partial charge in [-0.15, -0.1) is 0 Å². The maximum Gasteiger partial charge on any atom is 0.123 e. The van der Waals surface area contributed by atoms with Crippen molar-refractivity contribution in [1.82, 2.24) is 5.32 Å². The Kier molecular flexibility index (Phi) is 6.06. The second kappa shape index (κ2) is 7.59. The van der Waals surface area contributed by atoms with Crippen molar-refractivity contribution >= 4 is 39.1 Å². The van der Waals surface area contributed by atoms with Crippen LogP contribution in [0.25, 0.3) is 0 Å². The summed E-state index contributed by atoms with van der Waals surface area (Å²) in [4.78, 5) is 0. The zero-order valence-electron chi connectivity index (χ0n) is 11.5. The van der Waals surface area contributed by atoms with E-state index in [4.69, 9.17) is 23.2 Å². The van der Waals surface area contributed by atoms with Gasteiger partial charge in [0, 0.05) is 20.6 Å². The molecule has 1 nitrogen and oxygen atoms in total. The van der Waals surface area contributed by atoms with E-state index >= 15 is 0 Å². The van der Waals surface area contributed by atoms with Gasteiger partial charge >= 0.3 is 0 Å². The predicted molar refractivity (Wildman–Crippen MR) is 90.7 cm³/mol. The van der Waals surface area contributed by atoms with E-state index in [0.29, 0.717) is 16.5 Å². The molecule has 0 spiro atoms. The van der Waals surface area contributed by atoms with Gasteiger partial charge in [-0.3, -0.25) is 0 Å². The monoisotopic (exact) mass is 389 g/mol. The van der Waals surface area contributed by atoms with Gasteiger partial charge < -0.3 is 5.32 Å². The Hall–Kier alpha value is -0.610. The minimum absolute atomic E-state index is 0.0284. The summed E-state index contributed by atoms with van der Waals surface area (Å²) in [5.41, 5.74) is 1.73. The highest BCUT2D eigenvalue weighted by Crippen LogP contribution is 2.30. The minimum atomic E-state index is -0.287. The van der Waals surface area contributed by atoms with Crippen molar-refractivity contribution in [1.29, 1.82) is 0 Å². The van der Waals surface area contributed by atoms with Gasteiger partial charge in [0.1, 0.15) is 5.82 Å². The lowest BCUT2D eigenvalue weighted by molar-refractivity contribution is 0.546. The van der Waals surface area contributed by atoms with Crippen LogP contribution < -0.4 is 5.32 Å². The number of nitrogens with one attached hydrogen (secondary N) is 1. The van der Waals surface area contributed by atoms with Gasteiger partial charge in [0.25, 0.3) is 0 Å².